The molecule has 0 saturated carbocycles. The number of anilines is 1. The van der Waals surface area contributed by atoms with Gasteiger partial charge in [-0.25, -0.2) is 9.78 Å². The van der Waals surface area contributed by atoms with Gasteiger partial charge in [0.2, 0.25) is 0 Å². The van der Waals surface area contributed by atoms with Gasteiger partial charge in [0.15, 0.2) is 6.61 Å². The molecule has 3 rings (SSSR count). The molecular formula is C22H21N3O7S. The first-order valence-electron chi connectivity index (χ1n) is 9.87. The minimum absolute atomic E-state index is 0.0266. The Labute approximate surface area is 193 Å². The van der Waals surface area contributed by atoms with E-state index in [9.17, 15) is 19.7 Å². The van der Waals surface area contributed by atoms with Crippen LogP contribution in [0.5, 0.6) is 11.5 Å². The lowest BCUT2D eigenvalue weighted by atomic mass is 10.2. The van der Waals surface area contributed by atoms with Gasteiger partial charge in [0.05, 0.1) is 33.9 Å². The van der Waals surface area contributed by atoms with Crippen LogP contribution in [0.2, 0.25) is 0 Å². The third kappa shape index (κ3) is 6.74. The second-order valence-corrected chi connectivity index (χ2v) is 7.73. The first-order chi connectivity index (χ1) is 15.9. The number of hydrogen-bond donors (Lipinski definition) is 1. The Bertz CT molecular complexity index is 1150. The maximum absolute atomic E-state index is 12.2. The highest BCUT2D eigenvalue weighted by Crippen LogP contribution is 2.29. The standard InChI is InChI=1S/C22H21N3O7S/c1-3-30-18-8-9-19(20(10-18)25(28)29)24-21(26)12-32-22(27)15-4-6-17(7-5-15)31-11-16-13-33-14(2)23-16/h4-10,13H,3,11-12H2,1-2H3,(H,24,26). The molecule has 0 aliphatic carbocycles. The maximum Gasteiger partial charge on any atom is 0.338 e. The Balaban J connectivity index is 1.52. The number of benzene rings is 2. The Morgan fingerprint density at radius 2 is 1.85 bits per heavy atom. The van der Waals surface area contributed by atoms with Gasteiger partial charge in [-0.05, 0) is 50.2 Å². The Morgan fingerprint density at radius 3 is 2.48 bits per heavy atom. The van der Waals surface area contributed by atoms with Gasteiger partial charge in [0.1, 0.15) is 23.8 Å². The molecule has 3 aromatic rings. The van der Waals surface area contributed by atoms with Gasteiger partial charge in [-0.15, -0.1) is 11.3 Å². The molecule has 0 fully saturated rings. The topological polar surface area (TPSA) is 130 Å². The van der Waals surface area contributed by atoms with E-state index in [2.05, 4.69) is 10.3 Å². The molecule has 11 heteroatoms. The molecule has 1 amide bonds. The first-order valence-corrected chi connectivity index (χ1v) is 10.8. The summed E-state index contributed by atoms with van der Waals surface area (Å²) in [6, 6.07) is 10.3. The number of carbonyl (C=O) groups excluding carboxylic acids is 2. The smallest absolute Gasteiger partial charge is 0.338 e. The van der Waals surface area contributed by atoms with Crippen molar-refractivity contribution in [3.63, 3.8) is 0 Å². The van der Waals surface area contributed by atoms with E-state index in [-0.39, 0.29) is 16.9 Å². The molecule has 172 valence electrons. The molecular weight excluding hydrogens is 450 g/mol. The number of nitrogens with zero attached hydrogens (tertiary/aromatic N) is 2. The van der Waals surface area contributed by atoms with E-state index < -0.39 is 23.4 Å². The van der Waals surface area contributed by atoms with Crippen molar-refractivity contribution in [1.29, 1.82) is 0 Å². The number of hydrogen-bond acceptors (Lipinski definition) is 9. The van der Waals surface area contributed by atoms with Crippen LogP contribution in [0.1, 0.15) is 28.0 Å². The van der Waals surface area contributed by atoms with Crippen molar-refractivity contribution in [1.82, 2.24) is 4.98 Å². The summed E-state index contributed by atoms with van der Waals surface area (Å²) in [6.07, 6.45) is 0. The lowest BCUT2D eigenvalue weighted by Gasteiger charge is -2.09. The molecule has 1 N–H and O–H groups in total. The van der Waals surface area contributed by atoms with E-state index in [0.29, 0.717) is 24.7 Å². The fourth-order valence-corrected chi connectivity index (χ4v) is 3.34. The SMILES string of the molecule is CCOc1ccc(NC(=O)COC(=O)c2ccc(OCc3csc(C)n3)cc2)c([N+](=O)[O-])c1. The number of aromatic nitrogens is 1. The Hall–Kier alpha value is -3.99. The molecule has 0 aliphatic rings. The number of nitro groups is 1. The van der Waals surface area contributed by atoms with Crippen LogP contribution in [0.15, 0.2) is 47.8 Å². The van der Waals surface area contributed by atoms with Gasteiger partial charge in [0.25, 0.3) is 11.6 Å². The summed E-state index contributed by atoms with van der Waals surface area (Å²) < 4.78 is 15.9. The Morgan fingerprint density at radius 1 is 1.12 bits per heavy atom. The fourth-order valence-electron chi connectivity index (χ4n) is 2.74. The highest BCUT2D eigenvalue weighted by molar-refractivity contribution is 7.09. The number of esters is 1. The number of rotatable bonds is 10. The van der Waals surface area contributed by atoms with Crippen molar-refractivity contribution in [2.24, 2.45) is 0 Å². The van der Waals surface area contributed by atoms with Crippen LogP contribution in [0, 0.1) is 17.0 Å². The second kappa shape index (κ2) is 11.0. The number of aryl methyl sites for hydroxylation is 1. The molecule has 10 nitrogen and oxygen atoms in total. The van der Waals surface area contributed by atoms with Crippen LogP contribution in [0.25, 0.3) is 0 Å². The molecule has 0 spiro atoms. The van der Waals surface area contributed by atoms with E-state index >= 15 is 0 Å². The van der Waals surface area contributed by atoms with Gasteiger partial charge in [-0.2, -0.15) is 0 Å². The highest BCUT2D eigenvalue weighted by Gasteiger charge is 2.18. The van der Waals surface area contributed by atoms with Crippen molar-refractivity contribution in [2.45, 2.75) is 20.5 Å². The van der Waals surface area contributed by atoms with Gasteiger partial charge in [-0.3, -0.25) is 14.9 Å². The van der Waals surface area contributed by atoms with Crippen molar-refractivity contribution in [2.75, 3.05) is 18.5 Å². The molecule has 0 saturated heterocycles. The van der Waals surface area contributed by atoms with Crippen LogP contribution in [-0.4, -0.2) is 35.0 Å². The number of carbonyl (C=O) groups is 2. The molecule has 0 radical (unpaired) electrons. The summed E-state index contributed by atoms with van der Waals surface area (Å²) in [5, 5.41) is 16.5. The molecule has 1 heterocycles. The molecule has 1 aromatic heterocycles. The molecule has 2 aromatic carbocycles. The minimum atomic E-state index is -0.715. The molecule has 0 unspecified atom stereocenters. The van der Waals surface area contributed by atoms with Gasteiger partial charge in [-0.1, -0.05) is 0 Å². The summed E-state index contributed by atoms with van der Waals surface area (Å²) >= 11 is 1.53. The zero-order valence-corrected chi connectivity index (χ0v) is 18.7. The maximum atomic E-state index is 12.2. The van der Waals surface area contributed by atoms with E-state index in [4.69, 9.17) is 14.2 Å². The summed E-state index contributed by atoms with van der Waals surface area (Å²) in [5.74, 6) is -0.567. The Kier molecular flexibility index (Phi) is 7.92. The lowest BCUT2D eigenvalue weighted by Crippen LogP contribution is -2.21. The quantitative estimate of drug-likeness (QED) is 0.265. The lowest BCUT2D eigenvalue weighted by molar-refractivity contribution is -0.384. The van der Waals surface area contributed by atoms with Gasteiger partial charge >= 0.3 is 5.97 Å². The number of nitro benzene ring substituents is 1. The van der Waals surface area contributed by atoms with Crippen LogP contribution < -0.4 is 14.8 Å². The van der Waals surface area contributed by atoms with E-state index in [1.807, 2.05) is 12.3 Å². The van der Waals surface area contributed by atoms with E-state index in [1.54, 1.807) is 19.1 Å². The number of ether oxygens (including phenoxy) is 3. The summed E-state index contributed by atoms with van der Waals surface area (Å²) in [4.78, 5) is 39.3. The van der Waals surface area contributed by atoms with Crippen molar-refractivity contribution in [3.8, 4) is 11.5 Å². The van der Waals surface area contributed by atoms with E-state index in [0.717, 1.165) is 10.7 Å². The summed E-state index contributed by atoms with van der Waals surface area (Å²) in [6.45, 7) is 3.71. The van der Waals surface area contributed by atoms with Gasteiger partial charge < -0.3 is 19.5 Å². The van der Waals surface area contributed by atoms with Crippen LogP contribution in [-0.2, 0) is 16.1 Å². The summed E-state index contributed by atoms with van der Waals surface area (Å²) in [5.41, 5.74) is 0.691. The predicted octanol–water partition coefficient (Wildman–Crippen LogP) is 4.13. The molecule has 33 heavy (non-hydrogen) atoms. The number of nitrogens with one attached hydrogen (secondary N) is 1. The zero-order chi connectivity index (χ0) is 23.8. The monoisotopic (exact) mass is 471 g/mol. The van der Waals surface area contributed by atoms with Crippen molar-refractivity contribution < 1.29 is 28.7 Å². The number of amides is 1. The zero-order valence-electron chi connectivity index (χ0n) is 17.9. The highest BCUT2D eigenvalue weighted by atomic mass is 32.1. The van der Waals surface area contributed by atoms with Crippen LogP contribution >= 0.6 is 11.3 Å². The normalized spacial score (nSPS) is 10.4. The third-order valence-electron chi connectivity index (χ3n) is 4.23. The second-order valence-electron chi connectivity index (χ2n) is 6.66. The molecule has 0 aliphatic heterocycles. The van der Waals surface area contributed by atoms with Crippen molar-refractivity contribution >= 4 is 34.6 Å². The van der Waals surface area contributed by atoms with Crippen LogP contribution in [0.4, 0.5) is 11.4 Å². The average molecular weight is 471 g/mol. The van der Waals surface area contributed by atoms with Crippen LogP contribution in [0.3, 0.4) is 0 Å². The molecule has 0 atom stereocenters. The minimum Gasteiger partial charge on any atom is -0.494 e. The summed E-state index contributed by atoms with van der Waals surface area (Å²) in [7, 11) is 0. The first kappa shape index (κ1) is 23.7. The number of thiazole rings is 1. The average Bonchev–Trinajstić information content (AvgIpc) is 3.22. The molecule has 0 bridgehead atoms. The van der Waals surface area contributed by atoms with Gasteiger partial charge in [0, 0.05) is 5.38 Å². The fraction of sp³-hybridized carbons (Fsp3) is 0.227. The third-order valence-corrected chi connectivity index (χ3v) is 5.05. The van der Waals surface area contributed by atoms with Crippen molar-refractivity contribution in [3.05, 3.63) is 74.2 Å². The van der Waals surface area contributed by atoms with E-state index in [1.165, 1.54) is 41.7 Å². The largest absolute Gasteiger partial charge is 0.494 e. The predicted molar refractivity (Wildman–Crippen MR) is 121 cm³/mol.